The molecule has 0 radical (unpaired) electrons. The average molecular weight is 410 g/mol. The SMILES string of the molecule is COc1ccc([C@H]2C[C@@H](C(F)(F)F)n3nc(C4CCNCC4)cc3N2)cc1OC. The van der Waals surface area contributed by atoms with Gasteiger partial charge < -0.3 is 20.1 Å². The minimum absolute atomic E-state index is 0.140. The highest BCUT2D eigenvalue weighted by molar-refractivity contribution is 5.48. The monoisotopic (exact) mass is 410 g/mol. The fourth-order valence-electron chi connectivity index (χ4n) is 4.20. The van der Waals surface area contributed by atoms with E-state index in [1.165, 1.54) is 14.2 Å². The predicted molar refractivity (Wildman–Crippen MR) is 103 cm³/mol. The van der Waals surface area contributed by atoms with Crippen LogP contribution in [-0.2, 0) is 0 Å². The highest BCUT2D eigenvalue weighted by Crippen LogP contribution is 2.45. The quantitative estimate of drug-likeness (QED) is 0.797. The maximum atomic E-state index is 13.9. The minimum atomic E-state index is -4.39. The molecule has 0 amide bonds. The summed E-state index contributed by atoms with van der Waals surface area (Å²) in [5.74, 6) is 1.62. The molecule has 3 heterocycles. The van der Waals surface area contributed by atoms with Crippen molar-refractivity contribution >= 4 is 5.82 Å². The van der Waals surface area contributed by atoms with Crippen molar-refractivity contribution in [3.63, 3.8) is 0 Å². The zero-order valence-corrected chi connectivity index (χ0v) is 16.4. The van der Waals surface area contributed by atoms with Crippen LogP contribution in [0.5, 0.6) is 11.5 Å². The van der Waals surface area contributed by atoms with Crippen LogP contribution in [0.2, 0.25) is 0 Å². The fourth-order valence-corrected chi connectivity index (χ4v) is 4.20. The van der Waals surface area contributed by atoms with Gasteiger partial charge in [0.05, 0.1) is 26.0 Å². The second kappa shape index (κ2) is 7.78. The Bertz CT molecular complexity index is 862. The molecule has 0 bridgehead atoms. The van der Waals surface area contributed by atoms with Crippen molar-refractivity contribution in [2.75, 3.05) is 32.6 Å². The number of hydrogen-bond acceptors (Lipinski definition) is 5. The van der Waals surface area contributed by atoms with Crippen molar-refractivity contribution in [3.8, 4) is 11.5 Å². The first-order valence-electron chi connectivity index (χ1n) is 9.76. The average Bonchev–Trinajstić information content (AvgIpc) is 3.16. The van der Waals surface area contributed by atoms with Gasteiger partial charge in [0.2, 0.25) is 0 Å². The summed E-state index contributed by atoms with van der Waals surface area (Å²) in [5, 5.41) is 10.9. The summed E-state index contributed by atoms with van der Waals surface area (Å²) in [6.07, 6.45) is -2.76. The Morgan fingerprint density at radius 2 is 1.79 bits per heavy atom. The van der Waals surface area contributed by atoms with E-state index in [9.17, 15) is 13.2 Å². The number of fused-ring (bicyclic) bond motifs is 1. The molecule has 2 aliphatic rings. The molecule has 1 aromatic heterocycles. The normalized spacial score (nSPS) is 22.7. The van der Waals surface area contributed by atoms with Gasteiger partial charge in [-0.2, -0.15) is 18.3 Å². The molecule has 158 valence electrons. The molecular formula is C20H25F3N4O2. The topological polar surface area (TPSA) is 60.3 Å². The molecule has 2 aromatic rings. The van der Waals surface area contributed by atoms with E-state index < -0.39 is 18.3 Å². The molecule has 0 spiro atoms. The van der Waals surface area contributed by atoms with Crippen LogP contribution in [0.1, 0.15) is 48.5 Å². The number of halogens is 3. The number of nitrogens with one attached hydrogen (secondary N) is 2. The van der Waals surface area contributed by atoms with Gasteiger partial charge in [-0.1, -0.05) is 6.07 Å². The molecule has 29 heavy (non-hydrogen) atoms. The van der Waals surface area contributed by atoms with Crippen molar-refractivity contribution in [2.24, 2.45) is 0 Å². The van der Waals surface area contributed by atoms with Gasteiger partial charge in [0.1, 0.15) is 5.82 Å². The highest BCUT2D eigenvalue weighted by atomic mass is 19.4. The summed E-state index contributed by atoms with van der Waals surface area (Å²) in [6, 6.07) is 4.81. The fraction of sp³-hybridized carbons (Fsp3) is 0.550. The molecule has 1 fully saturated rings. The molecule has 1 saturated heterocycles. The molecule has 0 saturated carbocycles. The largest absolute Gasteiger partial charge is 0.493 e. The van der Waals surface area contributed by atoms with Crippen LogP contribution in [0.3, 0.4) is 0 Å². The number of anilines is 1. The standard InChI is InChI=1S/C20H25F3N4O2/c1-28-16-4-3-13(9-17(16)29-2)14-10-18(20(21,22)23)27-19(25-14)11-15(26-27)12-5-7-24-8-6-12/h3-4,9,11-12,14,18,24-25H,5-8,10H2,1-2H3/t14-,18+/m1/s1. The molecule has 1 aromatic carbocycles. The molecule has 6 nitrogen and oxygen atoms in total. The number of alkyl halides is 3. The first-order valence-corrected chi connectivity index (χ1v) is 9.76. The zero-order chi connectivity index (χ0) is 20.6. The summed E-state index contributed by atoms with van der Waals surface area (Å²) in [5.41, 5.74) is 1.45. The van der Waals surface area contributed by atoms with Crippen molar-refractivity contribution in [1.29, 1.82) is 0 Å². The lowest BCUT2D eigenvalue weighted by atomic mass is 9.94. The molecule has 9 heteroatoms. The Hall–Kier alpha value is -2.42. The highest BCUT2D eigenvalue weighted by Gasteiger charge is 2.47. The van der Waals surface area contributed by atoms with Crippen LogP contribution < -0.4 is 20.1 Å². The minimum Gasteiger partial charge on any atom is -0.493 e. The van der Waals surface area contributed by atoms with E-state index in [0.29, 0.717) is 22.9 Å². The number of rotatable bonds is 4. The Balaban J connectivity index is 1.68. The van der Waals surface area contributed by atoms with Crippen LogP contribution in [0.25, 0.3) is 0 Å². The third-order valence-electron chi connectivity index (χ3n) is 5.78. The first-order chi connectivity index (χ1) is 13.9. The summed E-state index contributed by atoms with van der Waals surface area (Å²) >= 11 is 0. The number of nitrogens with zero attached hydrogens (tertiary/aromatic N) is 2. The molecular weight excluding hydrogens is 385 g/mol. The lowest BCUT2D eigenvalue weighted by Crippen LogP contribution is -2.35. The Morgan fingerprint density at radius 1 is 1.07 bits per heavy atom. The summed E-state index contributed by atoms with van der Waals surface area (Å²) in [4.78, 5) is 0. The van der Waals surface area contributed by atoms with Crippen molar-refractivity contribution in [3.05, 3.63) is 35.5 Å². The number of hydrogen-bond donors (Lipinski definition) is 2. The van der Waals surface area contributed by atoms with Crippen LogP contribution in [0.4, 0.5) is 19.0 Å². The molecule has 0 unspecified atom stereocenters. The van der Waals surface area contributed by atoms with Gasteiger partial charge in [-0.25, -0.2) is 4.68 Å². The maximum absolute atomic E-state index is 13.9. The van der Waals surface area contributed by atoms with E-state index in [1.807, 2.05) is 0 Å². The van der Waals surface area contributed by atoms with E-state index in [-0.39, 0.29) is 12.3 Å². The number of benzene rings is 1. The van der Waals surface area contributed by atoms with Gasteiger partial charge in [0.15, 0.2) is 17.5 Å². The first kappa shape index (κ1) is 19.9. The number of ether oxygens (including phenoxy) is 2. The number of piperidine rings is 1. The van der Waals surface area contributed by atoms with Crippen molar-refractivity contribution < 1.29 is 22.6 Å². The van der Waals surface area contributed by atoms with Gasteiger partial charge in [0.25, 0.3) is 0 Å². The molecule has 2 atom stereocenters. The Kier molecular flexibility index (Phi) is 5.33. The summed E-state index contributed by atoms with van der Waals surface area (Å²) < 4.78 is 53.3. The molecule has 0 aliphatic carbocycles. The summed E-state index contributed by atoms with van der Waals surface area (Å²) in [7, 11) is 3.03. The van der Waals surface area contributed by atoms with Crippen molar-refractivity contribution in [2.45, 2.75) is 43.4 Å². The van der Waals surface area contributed by atoms with Gasteiger partial charge in [-0.05, 0) is 43.6 Å². The van der Waals surface area contributed by atoms with Crippen LogP contribution in [-0.4, -0.2) is 43.3 Å². The van der Waals surface area contributed by atoms with Gasteiger partial charge >= 0.3 is 6.18 Å². The smallest absolute Gasteiger partial charge is 0.410 e. The van der Waals surface area contributed by atoms with Gasteiger partial charge in [-0.3, -0.25) is 0 Å². The van der Waals surface area contributed by atoms with E-state index in [0.717, 1.165) is 36.3 Å². The van der Waals surface area contributed by atoms with Gasteiger partial charge in [-0.15, -0.1) is 0 Å². The van der Waals surface area contributed by atoms with E-state index in [1.54, 1.807) is 24.3 Å². The number of aromatic nitrogens is 2. The third-order valence-corrected chi connectivity index (χ3v) is 5.78. The second-order valence-corrected chi connectivity index (χ2v) is 7.53. The van der Waals surface area contributed by atoms with E-state index in [2.05, 4.69) is 15.7 Å². The van der Waals surface area contributed by atoms with Crippen LogP contribution in [0.15, 0.2) is 24.3 Å². The molecule has 2 N–H and O–H groups in total. The second-order valence-electron chi connectivity index (χ2n) is 7.53. The van der Waals surface area contributed by atoms with Crippen LogP contribution in [0, 0.1) is 0 Å². The van der Waals surface area contributed by atoms with Crippen LogP contribution >= 0.6 is 0 Å². The lowest BCUT2D eigenvalue weighted by Gasteiger charge is -2.33. The maximum Gasteiger partial charge on any atom is 0.410 e. The summed E-state index contributed by atoms with van der Waals surface area (Å²) in [6.45, 7) is 1.72. The lowest BCUT2D eigenvalue weighted by molar-refractivity contribution is -0.173. The van der Waals surface area contributed by atoms with E-state index in [4.69, 9.17) is 9.47 Å². The van der Waals surface area contributed by atoms with Crippen molar-refractivity contribution in [1.82, 2.24) is 15.1 Å². The number of methoxy groups -OCH3 is 2. The molecule has 2 aliphatic heterocycles. The zero-order valence-electron chi connectivity index (χ0n) is 16.4. The predicted octanol–water partition coefficient (Wildman–Crippen LogP) is 4.03. The van der Waals surface area contributed by atoms with E-state index >= 15 is 0 Å². The Morgan fingerprint density at radius 3 is 2.45 bits per heavy atom. The third kappa shape index (κ3) is 3.88. The molecule has 4 rings (SSSR count). The van der Waals surface area contributed by atoms with Gasteiger partial charge in [0, 0.05) is 18.4 Å². The Labute approximate surface area is 167 Å².